The van der Waals surface area contributed by atoms with Crippen LogP contribution in [-0.4, -0.2) is 85.4 Å². The summed E-state index contributed by atoms with van der Waals surface area (Å²) in [7, 11) is -6.29. The molecular weight excluding hydrogens is 675 g/mol. The molecule has 49 heavy (non-hydrogen) atoms. The number of alkyl halides is 3. The molecule has 0 radical (unpaired) electrons. The molecule has 0 atom stereocenters. The van der Waals surface area contributed by atoms with E-state index in [-0.39, 0.29) is 46.5 Å². The lowest BCUT2D eigenvalue weighted by atomic mass is 9.87. The number of benzene rings is 1. The topological polar surface area (TPSA) is 177 Å². The number of hydrogen-bond donors (Lipinski definition) is 1. The molecule has 5 heterocycles. The molecule has 15 nitrogen and oxygen atoms in total. The number of piperidine rings is 1. The van der Waals surface area contributed by atoms with Crippen molar-refractivity contribution in [3.8, 4) is 17.0 Å². The third-order valence-corrected chi connectivity index (χ3v) is 8.77. The maximum Gasteiger partial charge on any atom is 0.534 e. The highest BCUT2D eigenvalue weighted by Gasteiger charge is 2.57. The minimum Gasteiger partial charge on any atom is -0.443 e. The zero-order valence-corrected chi connectivity index (χ0v) is 28.0. The normalized spacial score (nSPS) is 16.8. The first-order valence-corrected chi connectivity index (χ1v) is 16.5. The van der Waals surface area contributed by atoms with Gasteiger partial charge in [-0.05, 0) is 85.7 Å². The van der Waals surface area contributed by atoms with Gasteiger partial charge in [-0.25, -0.2) is 43.4 Å². The summed E-state index contributed by atoms with van der Waals surface area (Å²) in [6, 6.07) is 3.06. The second-order valence-electron chi connectivity index (χ2n) is 13.6. The number of rotatable bonds is 3. The molecule has 0 bridgehead atoms. The second-order valence-corrected chi connectivity index (χ2v) is 15.1. The molecule has 19 heteroatoms. The number of nitrogens with zero attached hydrogens (tertiary/aromatic N) is 6. The van der Waals surface area contributed by atoms with Gasteiger partial charge < -0.3 is 19.0 Å². The third kappa shape index (κ3) is 5.73. The molecule has 1 aromatic carbocycles. The van der Waals surface area contributed by atoms with Crippen molar-refractivity contribution < 1.29 is 49.6 Å². The van der Waals surface area contributed by atoms with Gasteiger partial charge in [0.2, 0.25) is 0 Å². The van der Waals surface area contributed by atoms with Crippen LogP contribution in [0, 0.1) is 0 Å². The highest BCUT2D eigenvalue weighted by Crippen LogP contribution is 2.48. The predicted molar refractivity (Wildman–Crippen MR) is 166 cm³/mol. The minimum absolute atomic E-state index is 0.00446. The van der Waals surface area contributed by atoms with Crippen molar-refractivity contribution in [2.75, 3.05) is 13.1 Å². The lowest BCUT2D eigenvalue weighted by molar-refractivity contribution is -0.0499. The van der Waals surface area contributed by atoms with Crippen LogP contribution in [0.3, 0.4) is 0 Å². The van der Waals surface area contributed by atoms with Crippen LogP contribution in [0.15, 0.2) is 30.7 Å². The van der Waals surface area contributed by atoms with Crippen molar-refractivity contribution in [3.63, 3.8) is 0 Å². The fourth-order valence-corrected chi connectivity index (χ4v) is 6.39. The molecule has 2 aliphatic heterocycles. The summed E-state index contributed by atoms with van der Waals surface area (Å²) in [5.74, 6) is -0.877. The maximum atomic E-state index is 14.0. The number of halogens is 3. The van der Waals surface area contributed by atoms with E-state index in [0.29, 0.717) is 13.1 Å². The average molecular weight is 708 g/mol. The molecule has 262 valence electrons. The summed E-state index contributed by atoms with van der Waals surface area (Å²) in [6.07, 6.45) is 0.960. The van der Waals surface area contributed by atoms with Gasteiger partial charge in [-0.1, -0.05) is 0 Å². The highest BCUT2D eigenvalue weighted by molar-refractivity contribution is 7.88. The number of nitrogens with one attached hydrogen (secondary N) is 1. The fourth-order valence-electron chi connectivity index (χ4n) is 5.91. The van der Waals surface area contributed by atoms with Crippen LogP contribution in [-0.2, 0) is 25.1 Å². The maximum absolute atomic E-state index is 14.0. The number of fused-ring (bicyclic) bond motifs is 5. The summed E-state index contributed by atoms with van der Waals surface area (Å²) in [5.41, 5.74) is -9.95. The number of carbonyl (C=O) groups is 3. The number of hydrogen-bond acceptors (Lipinski definition) is 12. The number of ether oxygens (including phenoxy) is 2. The zero-order chi connectivity index (χ0) is 35.9. The Bertz CT molecular complexity index is 2140. The van der Waals surface area contributed by atoms with E-state index in [0.717, 1.165) is 20.4 Å². The average Bonchev–Trinajstić information content (AvgIpc) is 3.63. The minimum atomic E-state index is -6.29. The molecule has 6 rings (SSSR count). The van der Waals surface area contributed by atoms with E-state index in [2.05, 4.69) is 20.3 Å². The van der Waals surface area contributed by atoms with E-state index in [1.54, 1.807) is 41.5 Å². The molecule has 2 amide bonds. The quantitative estimate of drug-likeness (QED) is 0.216. The molecular formula is C30H32F3N7O8S. The molecule has 0 saturated carbocycles. The Morgan fingerprint density at radius 3 is 2.18 bits per heavy atom. The van der Waals surface area contributed by atoms with Gasteiger partial charge in [-0.2, -0.15) is 21.6 Å². The second kappa shape index (κ2) is 11.1. The zero-order valence-electron chi connectivity index (χ0n) is 27.2. The monoisotopic (exact) mass is 707 g/mol. The summed E-state index contributed by atoms with van der Waals surface area (Å²) >= 11 is 0. The molecule has 3 aromatic heterocycles. The van der Waals surface area contributed by atoms with Crippen LogP contribution in [0.4, 0.5) is 27.6 Å². The van der Waals surface area contributed by atoms with Gasteiger partial charge in [-0.15, -0.1) is 0 Å². The van der Waals surface area contributed by atoms with Crippen LogP contribution < -0.4 is 9.50 Å². The van der Waals surface area contributed by atoms with Crippen LogP contribution in [0.2, 0.25) is 0 Å². The standard InChI is InChI=1S/C30H32F3N7O8S/c1-27(2,3)46-25(42)38-14-9-17-19(35-15-36-22(17)38)16-7-8-18-20(21(16)48-49(44,45)30(31,32)33)37-23-29(10-12-34-13-11-29)40(24(41)39(18)23)26(43)47-28(4,5)6/h7-9,14-15,34H,10-13H2,1-6H3. The van der Waals surface area contributed by atoms with Crippen molar-refractivity contribution in [1.82, 2.24) is 34.3 Å². The van der Waals surface area contributed by atoms with Crippen LogP contribution in [0.5, 0.6) is 5.75 Å². The Kier molecular flexibility index (Phi) is 7.74. The van der Waals surface area contributed by atoms with E-state index < -0.39 is 61.9 Å². The van der Waals surface area contributed by atoms with Crippen molar-refractivity contribution in [1.29, 1.82) is 0 Å². The number of imide groups is 1. The van der Waals surface area contributed by atoms with Crippen LogP contribution in [0.1, 0.15) is 60.2 Å². The Balaban J connectivity index is 1.59. The Hall–Kier alpha value is -4.78. The molecule has 2 aliphatic rings. The van der Waals surface area contributed by atoms with Gasteiger partial charge in [0.1, 0.15) is 34.4 Å². The van der Waals surface area contributed by atoms with Crippen LogP contribution in [0.25, 0.3) is 33.3 Å². The highest BCUT2D eigenvalue weighted by atomic mass is 32.2. The van der Waals surface area contributed by atoms with E-state index in [4.69, 9.17) is 13.7 Å². The molecule has 1 fully saturated rings. The third-order valence-electron chi connectivity index (χ3n) is 7.82. The van der Waals surface area contributed by atoms with Gasteiger partial charge >= 0.3 is 33.8 Å². The molecule has 1 N–H and O–H groups in total. The Labute approximate surface area is 277 Å². The largest absolute Gasteiger partial charge is 0.534 e. The summed E-state index contributed by atoms with van der Waals surface area (Å²) < 4.78 is 84.3. The lowest BCUT2D eigenvalue weighted by Gasteiger charge is -2.39. The Morgan fingerprint density at radius 2 is 1.57 bits per heavy atom. The van der Waals surface area contributed by atoms with E-state index in [1.165, 1.54) is 24.4 Å². The van der Waals surface area contributed by atoms with Crippen molar-refractivity contribution in [2.24, 2.45) is 0 Å². The summed E-state index contributed by atoms with van der Waals surface area (Å²) in [6.45, 7) is 10.6. The number of aromatic nitrogens is 5. The first kappa shape index (κ1) is 34.1. The first-order chi connectivity index (χ1) is 22.7. The summed E-state index contributed by atoms with van der Waals surface area (Å²) in [4.78, 5) is 54.2. The van der Waals surface area contributed by atoms with E-state index in [9.17, 15) is 36.0 Å². The van der Waals surface area contributed by atoms with Crippen molar-refractivity contribution in [2.45, 2.75) is 76.6 Å². The molecule has 0 aliphatic carbocycles. The smallest absolute Gasteiger partial charge is 0.443 e. The van der Waals surface area contributed by atoms with Gasteiger partial charge in [0.25, 0.3) is 0 Å². The van der Waals surface area contributed by atoms with Gasteiger partial charge in [0, 0.05) is 17.1 Å². The lowest BCUT2D eigenvalue weighted by Crippen LogP contribution is -2.54. The van der Waals surface area contributed by atoms with Crippen molar-refractivity contribution in [3.05, 3.63) is 36.5 Å². The van der Waals surface area contributed by atoms with Gasteiger partial charge in [0.15, 0.2) is 11.4 Å². The van der Waals surface area contributed by atoms with Crippen LogP contribution >= 0.6 is 0 Å². The first-order valence-electron chi connectivity index (χ1n) is 15.1. The van der Waals surface area contributed by atoms with Gasteiger partial charge in [0.05, 0.1) is 11.2 Å². The molecule has 1 spiro atoms. The number of imidazole rings is 1. The fraction of sp³-hybridized carbons (Fsp3) is 0.467. The SMILES string of the molecule is CC(C)(C)OC(=O)N1C(=O)n2c(nc3c(OS(=O)(=O)C(F)(F)F)c(-c4ncnc5c4ccn5C(=O)OC(C)(C)C)ccc32)C12CCNCC2. The van der Waals surface area contributed by atoms with E-state index in [1.807, 2.05) is 0 Å². The number of amides is 2. The molecule has 0 unspecified atom stereocenters. The molecule has 4 aromatic rings. The van der Waals surface area contributed by atoms with Crippen molar-refractivity contribution >= 4 is 50.4 Å². The van der Waals surface area contributed by atoms with Gasteiger partial charge in [-0.3, -0.25) is 0 Å². The Morgan fingerprint density at radius 1 is 0.939 bits per heavy atom. The predicted octanol–water partition coefficient (Wildman–Crippen LogP) is 5.26. The molecule has 1 saturated heterocycles. The number of carbonyl (C=O) groups excluding carboxylic acids is 3. The summed E-state index contributed by atoms with van der Waals surface area (Å²) in [5, 5.41) is 3.28. The van der Waals surface area contributed by atoms with E-state index >= 15 is 0 Å².